The van der Waals surface area contributed by atoms with Crippen molar-refractivity contribution in [3.05, 3.63) is 27.9 Å². The summed E-state index contributed by atoms with van der Waals surface area (Å²) in [6, 6.07) is 2.21. The third-order valence-electron chi connectivity index (χ3n) is 5.49. The van der Waals surface area contributed by atoms with Gasteiger partial charge in [-0.25, -0.2) is 9.18 Å². The first-order valence-electron chi connectivity index (χ1n) is 8.79. The van der Waals surface area contributed by atoms with Gasteiger partial charge in [-0.3, -0.25) is 4.57 Å². The van der Waals surface area contributed by atoms with E-state index in [1.54, 1.807) is 20.0 Å². The quantitative estimate of drug-likeness (QED) is 0.788. The summed E-state index contributed by atoms with van der Waals surface area (Å²) in [4.78, 5) is 21.4. The number of halogens is 1. The standard InChI is InChI=1S/C18H24FN5O/c1-10-7-13-14-16(15(10)19)20-6-5-12-9-22(3)8-11(2)24(12)17(14)21-18(25)23(13)4/h7,11-12,20H,5-6,8-9H2,1-4H3. The summed E-state index contributed by atoms with van der Waals surface area (Å²) < 4.78 is 16.4. The fourth-order valence-electron chi connectivity index (χ4n) is 4.34. The summed E-state index contributed by atoms with van der Waals surface area (Å²) in [5.41, 5.74) is 1.43. The van der Waals surface area contributed by atoms with E-state index in [9.17, 15) is 9.18 Å². The van der Waals surface area contributed by atoms with Gasteiger partial charge in [0.2, 0.25) is 0 Å². The van der Waals surface area contributed by atoms with Gasteiger partial charge in [-0.05, 0) is 38.9 Å². The zero-order valence-electron chi connectivity index (χ0n) is 15.1. The van der Waals surface area contributed by atoms with E-state index in [2.05, 4.69) is 34.1 Å². The number of nitrogens with one attached hydrogen (secondary N) is 1. The van der Waals surface area contributed by atoms with Gasteiger partial charge in [0.1, 0.15) is 11.6 Å². The molecule has 0 saturated carbocycles. The maximum Gasteiger partial charge on any atom is 0.349 e. The normalized spacial score (nSPS) is 23.8. The summed E-state index contributed by atoms with van der Waals surface area (Å²) in [5.74, 6) is 0.360. The summed E-state index contributed by atoms with van der Waals surface area (Å²) in [6.45, 7) is 6.38. The molecular weight excluding hydrogens is 321 g/mol. The van der Waals surface area contributed by atoms with Crippen molar-refractivity contribution in [1.29, 1.82) is 0 Å². The molecule has 2 aromatic rings. The number of rotatable bonds is 0. The Balaban J connectivity index is 2.08. The van der Waals surface area contributed by atoms with Crippen LogP contribution in [0.25, 0.3) is 10.9 Å². The van der Waals surface area contributed by atoms with Crippen molar-refractivity contribution < 1.29 is 4.39 Å². The fourth-order valence-corrected chi connectivity index (χ4v) is 4.34. The Morgan fingerprint density at radius 1 is 1.32 bits per heavy atom. The molecule has 6 nitrogen and oxygen atoms in total. The zero-order chi connectivity index (χ0) is 17.9. The Morgan fingerprint density at radius 3 is 2.84 bits per heavy atom. The second kappa shape index (κ2) is 5.69. The second-order valence-electron chi connectivity index (χ2n) is 7.40. The van der Waals surface area contributed by atoms with Crippen molar-refractivity contribution >= 4 is 22.4 Å². The van der Waals surface area contributed by atoms with Crippen molar-refractivity contribution in [3.63, 3.8) is 0 Å². The molecule has 2 atom stereocenters. The molecule has 0 aliphatic carbocycles. The Hall–Kier alpha value is -2.15. The van der Waals surface area contributed by atoms with E-state index in [0.717, 1.165) is 25.0 Å². The van der Waals surface area contributed by atoms with Crippen LogP contribution in [-0.4, -0.2) is 53.2 Å². The van der Waals surface area contributed by atoms with E-state index in [1.165, 1.54) is 4.57 Å². The smallest absolute Gasteiger partial charge is 0.349 e. The molecule has 1 aromatic carbocycles. The maximum atomic E-state index is 14.9. The van der Waals surface area contributed by atoms with E-state index in [1.807, 2.05) is 0 Å². The highest BCUT2D eigenvalue weighted by Gasteiger charge is 2.35. The molecule has 0 bridgehead atoms. The minimum atomic E-state index is -0.301. The summed E-state index contributed by atoms with van der Waals surface area (Å²) in [6.07, 6.45) is 0.875. The van der Waals surface area contributed by atoms with E-state index >= 15 is 0 Å². The zero-order valence-corrected chi connectivity index (χ0v) is 15.1. The van der Waals surface area contributed by atoms with Crippen LogP contribution in [0.4, 0.5) is 15.9 Å². The highest BCUT2D eigenvalue weighted by Crippen LogP contribution is 2.38. The van der Waals surface area contributed by atoms with Crippen LogP contribution in [0.1, 0.15) is 18.9 Å². The first-order valence-corrected chi connectivity index (χ1v) is 8.79. The van der Waals surface area contributed by atoms with Crippen LogP contribution in [0, 0.1) is 12.7 Å². The molecule has 0 amide bonds. The van der Waals surface area contributed by atoms with Gasteiger partial charge in [-0.15, -0.1) is 0 Å². The van der Waals surface area contributed by atoms with Gasteiger partial charge in [0, 0.05) is 38.8 Å². The summed E-state index contributed by atoms with van der Waals surface area (Å²) in [7, 11) is 3.81. The molecule has 1 fully saturated rings. The number of nitrogens with zero attached hydrogens (tertiary/aromatic N) is 4. The van der Waals surface area contributed by atoms with Gasteiger partial charge in [0.05, 0.1) is 16.6 Å². The lowest BCUT2D eigenvalue weighted by molar-refractivity contribution is 0.227. The third kappa shape index (κ3) is 2.40. The van der Waals surface area contributed by atoms with Crippen molar-refractivity contribution in [2.45, 2.75) is 32.4 Å². The SMILES string of the molecule is Cc1cc2c3c(nc(=O)n2C)N2C(C)CN(C)CC2CCNc3c1F. The monoisotopic (exact) mass is 345 g/mol. The molecule has 134 valence electrons. The average Bonchev–Trinajstić information content (AvgIpc) is 2.53. The van der Waals surface area contributed by atoms with Crippen LogP contribution in [0.15, 0.2) is 10.9 Å². The number of hydrogen-bond acceptors (Lipinski definition) is 5. The number of aryl methyl sites for hydroxylation is 2. The van der Waals surface area contributed by atoms with Gasteiger partial charge >= 0.3 is 5.69 Å². The number of piperazine rings is 1. The first-order chi connectivity index (χ1) is 11.9. The molecule has 0 radical (unpaired) electrons. The van der Waals surface area contributed by atoms with Crippen molar-refractivity contribution in [3.8, 4) is 0 Å². The number of aromatic nitrogens is 2. The predicted octanol–water partition coefficient (Wildman–Crippen LogP) is 1.71. The van der Waals surface area contributed by atoms with Crippen LogP contribution in [0.5, 0.6) is 0 Å². The molecule has 2 aliphatic heterocycles. The number of fused-ring (bicyclic) bond motifs is 2. The Bertz CT molecular complexity index is 909. The van der Waals surface area contributed by atoms with Crippen molar-refractivity contribution in [2.75, 3.05) is 36.9 Å². The number of anilines is 2. The number of benzene rings is 1. The van der Waals surface area contributed by atoms with Crippen LogP contribution in [0.3, 0.4) is 0 Å². The minimum Gasteiger partial charge on any atom is -0.382 e. The van der Waals surface area contributed by atoms with Gasteiger partial charge in [-0.1, -0.05) is 0 Å². The Morgan fingerprint density at radius 2 is 2.08 bits per heavy atom. The lowest BCUT2D eigenvalue weighted by Gasteiger charge is -2.46. The van der Waals surface area contributed by atoms with Crippen LogP contribution in [0.2, 0.25) is 0 Å². The number of likely N-dealkylation sites (N-methyl/N-ethyl adjacent to an activating group) is 1. The number of hydrogen-bond donors (Lipinski definition) is 1. The summed E-state index contributed by atoms with van der Waals surface area (Å²) in [5, 5.41) is 3.99. The average molecular weight is 345 g/mol. The molecule has 2 aliphatic rings. The Labute approximate surface area is 146 Å². The van der Waals surface area contributed by atoms with Crippen molar-refractivity contribution in [1.82, 2.24) is 14.5 Å². The molecule has 2 unspecified atom stereocenters. The second-order valence-corrected chi connectivity index (χ2v) is 7.40. The van der Waals surface area contributed by atoms with E-state index < -0.39 is 0 Å². The van der Waals surface area contributed by atoms with Crippen molar-refractivity contribution in [2.24, 2.45) is 7.05 Å². The topological polar surface area (TPSA) is 53.4 Å². The molecule has 4 rings (SSSR count). The molecule has 1 saturated heterocycles. The fraction of sp³-hybridized carbons (Fsp3) is 0.556. The largest absolute Gasteiger partial charge is 0.382 e. The minimum absolute atomic E-state index is 0.210. The maximum absolute atomic E-state index is 14.9. The van der Waals surface area contributed by atoms with Gasteiger partial charge in [0.25, 0.3) is 0 Å². The van der Waals surface area contributed by atoms with E-state index in [-0.39, 0.29) is 23.6 Å². The highest BCUT2D eigenvalue weighted by molar-refractivity contribution is 6.01. The van der Waals surface area contributed by atoms with E-state index in [4.69, 9.17) is 0 Å². The van der Waals surface area contributed by atoms with Gasteiger partial charge in [0.15, 0.2) is 0 Å². The third-order valence-corrected chi connectivity index (χ3v) is 5.49. The summed E-state index contributed by atoms with van der Waals surface area (Å²) >= 11 is 0. The molecule has 3 heterocycles. The molecule has 7 heteroatoms. The first kappa shape index (κ1) is 16.3. The molecular formula is C18H24FN5O. The van der Waals surface area contributed by atoms with Crippen LogP contribution < -0.4 is 15.9 Å². The molecule has 25 heavy (non-hydrogen) atoms. The van der Waals surface area contributed by atoms with E-state index in [0.29, 0.717) is 29.0 Å². The van der Waals surface area contributed by atoms with Gasteiger partial charge < -0.3 is 15.1 Å². The van der Waals surface area contributed by atoms with Gasteiger partial charge in [-0.2, -0.15) is 4.98 Å². The van der Waals surface area contributed by atoms with Crippen LogP contribution in [-0.2, 0) is 7.05 Å². The molecule has 1 N–H and O–H groups in total. The predicted molar refractivity (Wildman–Crippen MR) is 98.0 cm³/mol. The Kier molecular flexibility index (Phi) is 3.72. The molecule has 0 spiro atoms. The molecule has 1 aromatic heterocycles. The lowest BCUT2D eigenvalue weighted by Crippen LogP contribution is -2.58. The highest BCUT2D eigenvalue weighted by atomic mass is 19.1. The van der Waals surface area contributed by atoms with Crippen LogP contribution >= 0.6 is 0 Å². The lowest BCUT2D eigenvalue weighted by atomic mass is 10.00.